The van der Waals surface area contributed by atoms with Crippen molar-refractivity contribution in [1.29, 1.82) is 0 Å². The normalized spacial score (nSPS) is 10.8. The minimum Gasteiger partial charge on any atom is -0.326 e. The van der Waals surface area contributed by atoms with Gasteiger partial charge in [0, 0.05) is 18.7 Å². The summed E-state index contributed by atoms with van der Waals surface area (Å²) in [5, 5.41) is 4.99. The highest BCUT2D eigenvalue weighted by Gasteiger charge is 2.17. The summed E-state index contributed by atoms with van der Waals surface area (Å²) in [5.41, 5.74) is 0.253. The number of rotatable bonds is 9. The van der Waals surface area contributed by atoms with Crippen LogP contribution in [-0.2, 0) is 9.59 Å². The predicted molar refractivity (Wildman–Crippen MR) is 101 cm³/mol. The summed E-state index contributed by atoms with van der Waals surface area (Å²) in [6.45, 7) is 2.68. The van der Waals surface area contributed by atoms with Gasteiger partial charge in [-0.05, 0) is 37.2 Å². The van der Waals surface area contributed by atoms with Crippen LogP contribution in [0.2, 0.25) is 0 Å². The van der Waals surface area contributed by atoms with Crippen LogP contribution in [-0.4, -0.2) is 36.3 Å². The van der Waals surface area contributed by atoms with Crippen LogP contribution in [0.1, 0.15) is 19.8 Å². The van der Waals surface area contributed by atoms with Crippen LogP contribution in [0.3, 0.4) is 0 Å². The Kier molecular flexibility index (Phi) is 8.01. The van der Waals surface area contributed by atoms with E-state index in [1.807, 2.05) is 13.0 Å². The van der Waals surface area contributed by atoms with E-state index in [0.717, 1.165) is 18.6 Å². The lowest BCUT2D eigenvalue weighted by molar-refractivity contribution is -0.119. The van der Waals surface area contributed by atoms with E-state index in [2.05, 4.69) is 10.6 Å². The van der Waals surface area contributed by atoms with Gasteiger partial charge in [-0.15, -0.1) is 0 Å². The molecule has 0 radical (unpaired) electrons. The maximum absolute atomic E-state index is 13.7. The van der Waals surface area contributed by atoms with Crippen molar-refractivity contribution >= 4 is 23.2 Å². The van der Waals surface area contributed by atoms with E-state index in [9.17, 15) is 22.8 Å². The molecule has 0 saturated heterocycles. The fourth-order valence-electron chi connectivity index (χ4n) is 2.61. The predicted octanol–water partition coefficient (Wildman–Crippen LogP) is 3.78. The monoisotopic (exact) mass is 393 g/mol. The lowest BCUT2D eigenvalue weighted by Crippen LogP contribution is -2.36. The largest absolute Gasteiger partial charge is 0.326 e. The van der Waals surface area contributed by atoms with E-state index in [1.54, 1.807) is 29.2 Å². The molecule has 0 unspecified atom stereocenters. The lowest BCUT2D eigenvalue weighted by atomic mass is 10.2. The van der Waals surface area contributed by atoms with E-state index < -0.39 is 29.0 Å². The average molecular weight is 393 g/mol. The zero-order chi connectivity index (χ0) is 20.5. The first-order valence-electron chi connectivity index (χ1n) is 8.91. The fraction of sp³-hybridized carbons (Fsp3) is 0.300. The molecule has 0 aliphatic heterocycles. The van der Waals surface area contributed by atoms with Crippen LogP contribution >= 0.6 is 0 Å². The molecule has 5 nitrogen and oxygen atoms in total. The number of halogens is 3. The molecule has 0 atom stereocenters. The van der Waals surface area contributed by atoms with Crippen molar-refractivity contribution in [2.75, 3.05) is 30.3 Å². The molecule has 28 heavy (non-hydrogen) atoms. The maximum atomic E-state index is 13.7. The quantitative estimate of drug-likeness (QED) is 0.638. The minimum atomic E-state index is -1.64. The Morgan fingerprint density at radius 1 is 0.893 bits per heavy atom. The first-order chi connectivity index (χ1) is 13.4. The molecule has 0 aliphatic rings. The molecule has 2 aromatic rings. The second-order valence-electron chi connectivity index (χ2n) is 6.21. The van der Waals surface area contributed by atoms with Crippen molar-refractivity contribution in [2.45, 2.75) is 19.8 Å². The van der Waals surface area contributed by atoms with Gasteiger partial charge in [0.15, 0.2) is 17.5 Å². The van der Waals surface area contributed by atoms with Crippen molar-refractivity contribution in [3.05, 3.63) is 59.9 Å². The number of para-hydroxylation sites is 1. The van der Waals surface area contributed by atoms with Gasteiger partial charge in [-0.25, -0.2) is 13.2 Å². The third kappa shape index (κ3) is 6.38. The summed E-state index contributed by atoms with van der Waals surface area (Å²) in [7, 11) is 0. The van der Waals surface area contributed by atoms with E-state index in [0.29, 0.717) is 18.8 Å². The molecule has 2 rings (SSSR count). The van der Waals surface area contributed by atoms with Crippen LogP contribution in [0, 0.1) is 17.5 Å². The number of amides is 2. The number of nitrogens with one attached hydrogen (secondary N) is 2. The molecular weight excluding hydrogens is 371 g/mol. The van der Waals surface area contributed by atoms with Crippen LogP contribution in [0.4, 0.5) is 24.5 Å². The van der Waals surface area contributed by atoms with Gasteiger partial charge in [-0.2, -0.15) is 0 Å². The average Bonchev–Trinajstić information content (AvgIpc) is 2.67. The molecule has 0 heterocycles. The van der Waals surface area contributed by atoms with Crippen molar-refractivity contribution in [3.8, 4) is 0 Å². The number of benzene rings is 2. The molecule has 8 heteroatoms. The van der Waals surface area contributed by atoms with Crippen molar-refractivity contribution in [2.24, 2.45) is 0 Å². The summed E-state index contributed by atoms with van der Waals surface area (Å²) >= 11 is 0. The van der Waals surface area contributed by atoms with Crippen LogP contribution < -0.4 is 10.6 Å². The van der Waals surface area contributed by atoms with Gasteiger partial charge in [-0.3, -0.25) is 14.5 Å². The molecule has 0 aliphatic carbocycles. The third-order valence-corrected chi connectivity index (χ3v) is 3.93. The fourth-order valence-corrected chi connectivity index (χ4v) is 2.61. The van der Waals surface area contributed by atoms with E-state index >= 15 is 0 Å². The van der Waals surface area contributed by atoms with Gasteiger partial charge in [-0.1, -0.05) is 25.1 Å². The summed E-state index contributed by atoms with van der Waals surface area (Å²) < 4.78 is 39.9. The number of anilines is 2. The first-order valence-corrected chi connectivity index (χ1v) is 8.91. The molecule has 0 fully saturated rings. The molecular formula is C20H22F3N3O2. The van der Waals surface area contributed by atoms with Gasteiger partial charge < -0.3 is 10.6 Å². The SMILES string of the molecule is CCCN(CCC(=O)Nc1ccccc1)CC(=O)Nc1ccc(F)c(F)c1F. The first kappa shape index (κ1) is 21.4. The molecule has 2 N–H and O–H groups in total. The standard InChI is InChI=1S/C20H22F3N3O2/c1-2-11-26(12-10-17(27)24-14-6-4-3-5-7-14)13-18(28)25-16-9-8-15(21)19(22)20(16)23/h3-9H,2,10-13H2,1H3,(H,24,27)(H,25,28). The van der Waals surface area contributed by atoms with E-state index in [1.165, 1.54) is 0 Å². The minimum absolute atomic E-state index is 0.106. The molecule has 2 amide bonds. The van der Waals surface area contributed by atoms with Gasteiger partial charge in [0.2, 0.25) is 11.8 Å². The Labute approximate surface area is 161 Å². The summed E-state index contributed by atoms with van der Waals surface area (Å²) in [6, 6.07) is 10.7. The Hall–Kier alpha value is -2.87. The second kappa shape index (κ2) is 10.5. The number of carbonyl (C=O) groups is 2. The highest BCUT2D eigenvalue weighted by Crippen LogP contribution is 2.19. The van der Waals surface area contributed by atoms with Gasteiger partial charge in [0.1, 0.15) is 0 Å². The highest BCUT2D eigenvalue weighted by atomic mass is 19.2. The number of carbonyl (C=O) groups excluding carboxylic acids is 2. The van der Waals surface area contributed by atoms with Crippen LogP contribution in [0.25, 0.3) is 0 Å². The molecule has 0 aromatic heterocycles. The Morgan fingerprint density at radius 3 is 2.29 bits per heavy atom. The molecule has 2 aromatic carbocycles. The maximum Gasteiger partial charge on any atom is 0.238 e. The van der Waals surface area contributed by atoms with Gasteiger partial charge in [0.25, 0.3) is 0 Å². The molecule has 0 spiro atoms. The Balaban J connectivity index is 1.88. The Morgan fingerprint density at radius 2 is 1.61 bits per heavy atom. The van der Waals surface area contributed by atoms with Crippen molar-refractivity contribution in [3.63, 3.8) is 0 Å². The van der Waals surface area contributed by atoms with Crippen LogP contribution in [0.5, 0.6) is 0 Å². The smallest absolute Gasteiger partial charge is 0.238 e. The van der Waals surface area contributed by atoms with E-state index in [4.69, 9.17) is 0 Å². The van der Waals surface area contributed by atoms with Gasteiger partial charge in [0.05, 0.1) is 12.2 Å². The van der Waals surface area contributed by atoms with Crippen molar-refractivity contribution in [1.82, 2.24) is 4.90 Å². The number of nitrogens with zero attached hydrogens (tertiary/aromatic N) is 1. The zero-order valence-electron chi connectivity index (χ0n) is 15.5. The number of hydrogen-bond acceptors (Lipinski definition) is 3. The van der Waals surface area contributed by atoms with Crippen molar-refractivity contribution < 1.29 is 22.8 Å². The summed E-state index contributed by atoms with van der Waals surface area (Å²) in [5.74, 6) is -5.19. The summed E-state index contributed by atoms with van der Waals surface area (Å²) in [4.78, 5) is 25.9. The van der Waals surface area contributed by atoms with E-state index in [-0.39, 0.29) is 18.9 Å². The van der Waals surface area contributed by atoms with Gasteiger partial charge >= 0.3 is 0 Å². The topological polar surface area (TPSA) is 61.4 Å². The Bertz CT molecular complexity index is 816. The second-order valence-corrected chi connectivity index (χ2v) is 6.21. The molecule has 150 valence electrons. The lowest BCUT2D eigenvalue weighted by Gasteiger charge is -2.21. The summed E-state index contributed by atoms with van der Waals surface area (Å²) in [6.07, 6.45) is 0.912. The molecule has 0 bridgehead atoms. The highest BCUT2D eigenvalue weighted by molar-refractivity contribution is 5.93. The number of hydrogen-bond donors (Lipinski definition) is 2. The molecule has 0 saturated carbocycles. The zero-order valence-corrected chi connectivity index (χ0v) is 15.5. The van der Waals surface area contributed by atoms with Crippen LogP contribution in [0.15, 0.2) is 42.5 Å². The third-order valence-electron chi connectivity index (χ3n) is 3.93.